The van der Waals surface area contributed by atoms with Gasteiger partial charge in [-0.15, -0.1) is 0 Å². The highest BCUT2D eigenvalue weighted by Gasteiger charge is 2.03. The standard InChI is InChI=1S/C31H64O/c1-3-5-7-8-9-10-11-12-13-14-15-16-17-18-19-20-21-22-23-24-25-26-28-30-31(32)29-27-6-4-2/h31-32H,3-30H2,1-2H3/t31-/m1/s1. The molecular weight excluding hydrogens is 388 g/mol. The second kappa shape index (κ2) is 29.0. The smallest absolute Gasteiger partial charge is 0.0540 e. The molecule has 0 aliphatic heterocycles. The van der Waals surface area contributed by atoms with Gasteiger partial charge in [0.15, 0.2) is 0 Å². The van der Waals surface area contributed by atoms with E-state index in [0.717, 1.165) is 12.8 Å². The summed E-state index contributed by atoms with van der Waals surface area (Å²) in [6.45, 7) is 4.53. The molecule has 0 aliphatic rings. The molecule has 0 saturated carbocycles. The molecule has 0 aromatic heterocycles. The highest BCUT2D eigenvalue weighted by molar-refractivity contribution is 4.57. The lowest BCUT2D eigenvalue weighted by atomic mass is 10.0. The van der Waals surface area contributed by atoms with Crippen LogP contribution in [0, 0.1) is 0 Å². The molecule has 194 valence electrons. The summed E-state index contributed by atoms with van der Waals surface area (Å²) >= 11 is 0. The van der Waals surface area contributed by atoms with E-state index in [4.69, 9.17) is 0 Å². The molecule has 0 fully saturated rings. The van der Waals surface area contributed by atoms with Crippen molar-refractivity contribution in [2.75, 3.05) is 0 Å². The van der Waals surface area contributed by atoms with Gasteiger partial charge in [0, 0.05) is 0 Å². The van der Waals surface area contributed by atoms with Gasteiger partial charge < -0.3 is 5.11 Å². The van der Waals surface area contributed by atoms with Gasteiger partial charge in [0.1, 0.15) is 0 Å². The number of hydrogen-bond acceptors (Lipinski definition) is 1. The molecule has 0 amide bonds. The molecule has 0 radical (unpaired) electrons. The summed E-state index contributed by atoms with van der Waals surface area (Å²) in [6.07, 6.45) is 38.9. The molecule has 0 rings (SSSR count). The maximum absolute atomic E-state index is 9.95. The Morgan fingerprint density at radius 3 is 0.781 bits per heavy atom. The first-order chi connectivity index (χ1) is 15.8. The van der Waals surface area contributed by atoms with Crippen LogP contribution in [0.5, 0.6) is 0 Å². The number of hydrogen-bond donors (Lipinski definition) is 1. The molecular formula is C31H64O. The first-order valence-corrected chi connectivity index (χ1v) is 15.5. The van der Waals surface area contributed by atoms with E-state index in [1.165, 1.54) is 167 Å². The maximum atomic E-state index is 9.95. The Morgan fingerprint density at radius 2 is 0.500 bits per heavy atom. The van der Waals surface area contributed by atoms with Gasteiger partial charge in [-0.25, -0.2) is 0 Å². The molecule has 0 spiro atoms. The molecule has 0 aromatic rings. The van der Waals surface area contributed by atoms with Crippen LogP contribution in [0.3, 0.4) is 0 Å². The highest BCUT2D eigenvalue weighted by Crippen LogP contribution is 2.16. The van der Waals surface area contributed by atoms with Crippen LogP contribution in [0.2, 0.25) is 0 Å². The van der Waals surface area contributed by atoms with Gasteiger partial charge in [-0.05, 0) is 12.8 Å². The van der Waals surface area contributed by atoms with Crippen LogP contribution in [0.1, 0.15) is 194 Å². The minimum atomic E-state index is -0.0311. The van der Waals surface area contributed by atoms with Crippen molar-refractivity contribution in [2.24, 2.45) is 0 Å². The number of aliphatic hydroxyl groups is 1. The van der Waals surface area contributed by atoms with E-state index >= 15 is 0 Å². The van der Waals surface area contributed by atoms with Crippen molar-refractivity contribution in [1.82, 2.24) is 0 Å². The highest BCUT2D eigenvalue weighted by atomic mass is 16.3. The molecule has 1 N–H and O–H groups in total. The van der Waals surface area contributed by atoms with Gasteiger partial charge in [-0.1, -0.05) is 181 Å². The fourth-order valence-corrected chi connectivity index (χ4v) is 4.94. The van der Waals surface area contributed by atoms with Crippen LogP contribution in [0.4, 0.5) is 0 Å². The second-order valence-corrected chi connectivity index (χ2v) is 10.7. The maximum Gasteiger partial charge on any atom is 0.0540 e. The van der Waals surface area contributed by atoms with Crippen molar-refractivity contribution in [3.05, 3.63) is 0 Å². The third-order valence-electron chi connectivity index (χ3n) is 7.28. The van der Waals surface area contributed by atoms with Crippen LogP contribution in [0.25, 0.3) is 0 Å². The molecule has 32 heavy (non-hydrogen) atoms. The van der Waals surface area contributed by atoms with Gasteiger partial charge in [0.25, 0.3) is 0 Å². The topological polar surface area (TPSA) is 20.2 Å². The Morgan fingerprint density at radius 1 is 0.312 bits per heavy atom. The number of aliphatic hydroxyl groups excluding tert-OH is 1. The van der Waals surface area contributed by atoms with Crippen LogP contribution in [-0.2, 0) is 0 Å². The van der Waals surface area contributed by atoms with Crippen LogP contribution in [0.15, 0.2) is 0 Å². The van der Waals surface area contributed by atoms with E-state index in [-0.39, 0.29) is 6.10 Å². The lowest BCUT2D eigenvalue weighted by Crippen LogP contribution is -2.05. The molecule has 1 nitrogen and oxygen atoms in total. The summed E-state index contributed by atoms with van der Waals surface area (Å²) in [5.74, 6) is 0. The Hall–Kier alpha value is -0.0400. The Bertz CT molecular complexity index is 314. The monoisotopic (exact) mass is 452 g/mol. The lowest BCUT2D eigenvalue weighted by Gasteiger charge is -2.09. The quantitative estimate of drug-likeness (QED) is 0.117. The molecule has 1 atom stereocenters. The third-order valence-corrected chi connectivity index (χ3v) is 7.28. The number of unbranched alkanes of at least 4 members (excludes halogenated alkanes) is 24. The van der Waals surface area contributed by atoms with Gasteiger partial charge in [0.05, 0.1) is 6.10 Å². The van der Waals surface area contributed by atoms with Gasteiger partial charge in [-0.2, -0.15) is 0 Å². The summed E-state index contributed by atoms with van der Waals surface area (Å²) in [5, 5.41) is 9.95. The SMILES string of the molecule is CCCCCCCCCCCCCCCCCCCCCCCCC[C@H](O)CCCCC. The fourth-order valence-electron chi connectivity index (χ4n) is 4.94. The predicted molar refractivity (Wildman–Crippen MR) is 147 cm³/mol. The zero-order valence-corrected chi connectivity index (χ0v) is 22.8. The van der Waals surface area contributed by atoms with Gasteiger partial charge >= 0.3 is 0 Å². The van der Waals surface area contributed by atoms with E-state index in [1.54, 1.807) is 0 Å². The summed E-state index contributed by atoms with van der Waals surface area (Å²) in [7, 11) is 0. The van der Waals surface area contributed by atoms with Crippen molar-refractivity contribution in [3.8, 4) is 0 Å². The fraction of sp³-hybridized carbons (Fsp3) is 1.00. The van der Waals surface area contributed by atoms with E-state index in [0.29, 0.717) is 0 Å². The second-order valence-electron chi connectivity index (χ2n) is 10.7. The summed E-state index contributed by atoms with van der Waals surface area (Å²) in [6, 6.07) is 0. The minimum Gasteiger partial charge on any atom is -0.393 e. The molecule has 0 unspecified atom stereocenters. The average molecular weight is 453 g/mol. The van der Waals surface area contributed by atoms with Gasteiger partial charge in [-0.3, -0.25) is 0 Å². The van der Waals surface area contributed by atoms with Crippen LogP contribution in [-0.4, -0.2) is 11.2 Å². The molecule has 0 aromatic carbocycles. The average Bonchev–Trinajstić information content (AvgIpc) is 2.79. The van der Waals surface area contributed by atoms with Crippen molar-refractivity contribution < 1.29 is 5.11 Å². The zero-order valence-electron chi connectivity index (χ0n) is 22.8. The van der Waals surface area contributed by atoms with Crippen molar-refractivity contribution >= 4 is 0 Å². The Labute approximate surface area is 204 Å². The van der Waals surface area contributed by atoms with E-state index in [1.807, 2.05) is 0 Å². The third kappa shape index (κ3) is 28.0. The predicted octanol–water partition coefficient (Wildman–Crippen LogP) is 11.3. The molecule has 0 aliphatic carbocycles. The molecule has 1 heteroatoms. The first kappa shape index (κ1) is 32.0. The summed E-state index contributed by atoms with van der Waals surface area (Å²) in [5.41, 5.74) is 0. The zero-order chi connectivity index (χ0) is 23.4. The van der Waals surface area contributed by atoms with Gasteiger partial charge in [0.2, 0.25) is 0 Å². The summed E-state index contributed by atoms with van der Waals surface area (Å²) < 4.78 is 0. The van der Waals surface area contributed by atoms with E-state index < -0.39 is 0 Å². The lowest BCUT2D eigenvalue weighted by molar-refractivity contribution is 0.147. The van der Waals surface area contributed by atoms with Crippen LogP contribution >= 0.6 is 0 Å². The molecule has 0 heterocycles. The Balaban J connectivity index is 3.05. The minimum absolute atomic E-state index is 0.0311. The molecule has 0 bridgehead atoms. The Kier molecular flexibility index (Phi) is 29.0. The van der Waals surface area contributed by atoms with Crippen molar-refractivity contribution in [3.63, 3.8) is 0 Å². The number of rotatable bonds is 28. The first-order valence-electron chi connectivity index (χ1n) is 15.5. The largest absolute Gasteiger partial charge is 0.393 e. The normalized spacial score (nSPS) is 12.5. The van der Waals surface area contributed by atoms with E-state index in [9.17, 15) is 5.11 Å². The van der Waals surface area contributed by atoms with Crippen molar-refractivity contribution in [1.29, 1.82) is 0 Å². The van der Waals surface area contributed by atoms with Crippen LogP contribution < -0.4 is 0 Å². The molecule has 0 saturated heterocycles. The van der Waals surface area contributed by atoms with E-state index in [2.05, 4.69) is 13.8 Å². The van der Waals surface area contributed by atoms with Crippen molar-refractivity contribution in [2.45, 2.75) is 200 Å². The summed E-state index contributed by atoms with van der Waals surface area (Å²) in [4.78, 5) is 0.